The topological polar surface area (TPSA) is 67.2 Å². The average molecular weight is 289 g/mol. The highest BCUT2D eigenvalue weighted by atomic mass is 32.1. The van der Waals surface area contributed by atoms with Crippen molar-refractivity contribution in [2.75, 3.05) is 6.61 Å². The maximum atomic E-state index is 11.8. The van der Waals surface area contributed by atoms with Crippen molar-refractivity contribution >= 4 is 17.2 Å². The third kappa shape index (κ3) is 3.95. The van der Waals surface area contributed by atoms with Crippen LogP contribution in [0.2, 0.25) is 0 Å². The molecule has 2 rings (SSSR count). The molecule has 0 saturated carbocycles. The summed E-state index contributed by atoms with van der Waals surface area (Å²) >= 11 is 1.53. The normalized spacial score (nSPS) is 9.90. The molecule has 0 fully saturated rings. The Labute approximate surface area is 121 Å². The molecule has 0 atom stereocenters. The lowest BCUT2D eigenvalue weighted by Crippen LogP contribution is -2.22. The van der Waals surface area contributed by atoms with Crippen LogP contribution in [0.4, 0.5) is 0 Å². The lowest BCUT2D eigenvalue weighted by Gasteiger charge is -1.99. The number of aliphatic hydroxyl groups excluding tert-OH is 1. The van der Waals surface area contributed by atoms with Crippen molar-refractivity contribution < 1.29 is 9.90 Å². The molecule has 0 radical (unpaired) electrons. The number of amides is 1. The van der Waals surface area contributed by atoms with Gasteiger partial charge in [0.1, 0.15) is 5.69 Å². The van der Waals surface area contributed by atoms with Crippen LogP contribution in [0.3, 0.4) is 0 Å². The molecule has 5 nitrogen and oxygen atoms in total. The Bertz CT molecular complexity index is 649. The van der Waals surface area contributed by atoms with Gasteiger partial charge in [-0.15, -0.1) is 11.3 Å². The number of hydrogen-bond donors (Lipinski definition) is 2. The minimum atomic E-state index is -0.188. The number of hydrogen-bond acceptors (Lipinski definition) is 4. The lowest BCUT2D eigenvalue weighted by molar-refractivity contribution is 0.0946. The molecule has 0 saturated heterocycles. The average Bonchev–Trinajstić information content (AvgIpc) is 3.05. The van der Waals surface area contributed by atoms with E-state index in [1.54, 1.807) is 17.1 Å². The molecule has 0 aliphatic rings. The molecule has 0 aromatic carbocycles. The monoisotopic (exact) mass is 289 g/mol. The molecule has 0 unspecified atom stereocenters. The number of carbonyl (C=O) groups excluding carboxylic acids is 1. The molecule has 2 heterocycles. The molecule has 0 bridgehead atoms. The van der Waals surface area contributed by atoms with E-state index < -0.39 is 0 Å². The van der Waals surface area contributed by atoms with Crippen LogP contribution in [0.25, 0.3) is 0 Å². The Hall–Kier alpha value is -2.10. The van der Waals surface area contributed by atoms with E-state index in [2.05, 4.69) is 22.1 Å². The molecule has 6 heteroatoms. The molecule has 2 aromatic heterocycles. The van der Waals surface area contributed by atoms with Crippen molar-refractivity contribution in [1.82, 2.24) is 14.9 Å². The van der Waals surface area contributed by atoms with Gasteiger partial charge < -0.3 is 15.0 Å². The number of nitrogens with zero attached hydrogens (tertiary/aromatic N) is 2. The summed E-state index contributed by atoms with van der Waals surface area (Å²) in [5, 5.41) is 11.5. The van der Waals surface area contributed by atoms with Gasteiger partial charge in [-0.2, -0.15) is 0 Å². The molecule has 104 valence electrons. The second kappa shape index (κ2) is 6.89. The smallest absolute Gasteiger partial charge is 0.271 e. The van der Waals surface area contributed by atoms with Crippen molar-refractivity contribution in [3.8, 4) is 11.8 Å². The zero-order valence-corrected chi connectivity index (χ0v) is 11.9. The van der Waals surface area contributed by atoms with Crippen LogP contribution in [-0.4, -0.2) is 27.2 Å². The maximum absolute atomic E-state index is 11.8. The van der Waals surface area contributed by atoms with Crippen molar-refractivity contribution in [1.29, 1.82) is 0 Å². The summed E-state index contributed by atoms with van der Waals surface area (Å²) in [5.74, 6) is 5.65. The highest BCUT2D eigenvalue weighted by Crippen LogP contribution is 2.15. The molecule has 0 spiro atoms. The molecule has 2 N–H and O–H groups in total. The third-order valence-corrected chi connectivity index (χ3v) is 3.47. The van der Waals surface area contributed by atoms with Gasteiger partial charge >= 0.3 is 0 Å². The van der Waals surface area contributed by atoms with E-state index in [-0.39, 0.29) is 12.5 Å². The Morgan fingerprint density at radius 3 is 3.10 bits per heavy atom. The van der Waals surface area contributed by atoms with Crippen molar-refractivity contribution in [3.05, 3.63) is 40.1 Å². The third-order valence-electron chi connectivity index (χ3n) is 2.47. The fourth-order valence-corrected chi connectivity index (χ4v) is 2.36. The van der Waals surface area contributed by atoms with E-state index in [0.29, 0.717) is 18.7 Å². The first kappa shape index (κ1) is 14.3. The second-order valence-electron chi connectivity index (χ2n) is 4.15. The first-order valence-corrected chi connectivity index (χ1v) is 6.95. The first-order chi connectivity index (χ1) is 9.69. The van der Waals surface area contributed by atoms with E-state index >= 15 is 0 Å². The summed E-state index contributed by atoms with van der Waals surface area (Å²) in [7, 11) is 1.82. The lowest BCUT2D eigenvalue weighted by atomic mass is 10.4. The van der Waals surface area contributed by atoms with Crippen LogP contribution >= 0.6 is 11.3 Å². The Kier molecular flexibility index (Phi) is 4.93. The van der Waals surface area contributed by atoms with Gasteiger partial charge in [-0.25, -0.2) is 4.98 Å². The predicted octanol–water partition coefficient (Wildman–Crippen LogP) is 1.15. The van der Waals surface area contributed by atoms with Gasteiger partial charge in [-0.1, -0.05) is 11.8 Å². The standard InChI is InChI=1S/C14H15N3O2S/c1-17-9-13(16-10-17)14(19)15-8-12-6-5-11(20-12)4-2-3-7-18/h5-6,9-10,18H,3,7-8H2,1H3,(H,15,19). The predicted molar refractivity (Wildman–Crippen MR) is 77.3 cm³/mol. The highest BCUT2D eigenvalue weighted by Gasteiger charge is 2.08. The minimum Gasteiger partial charge on any atom is -0.395 e. The van der Waals surface area contributed by atoms with Gasteiger partial charge in [0.25, 0.3) is 5.91 Å². The van der Waals surface area contributed by atoms with Gasteiger partial charge in [0.15, 0.2) is 0 Å². The number of thiophene rings is 1. The molecule has 1 amide bonds. The summed E-state index contributed by atoms with van der Waals surface area (Å²) in [6.45, 7) is 0.535. The summed E-state index contributed by atoms with van der Waals surface area (Å²) in [4.78, 5) is 17.8. The van der Waals surface area contributed by atoms with Crippen LogP contribution in [0.1, 0.15) is 26.7 Å². The molecule has 0 aliphatic heterocycles. The molecule has 0 aliphatic carbocycles. The van der Waals surface area contributed by atoms with Crippen molar-refractivity contribution in [3.63, 3.8) is 0 Å². The Morgan fingerprint density at radius 2 is 2.40 bits per heavy atom. The number of aryl methyl sites for hydroxylation is 1. The molecule has 20 heavy (non-hydrogen) atoms. The summed E-state index contributed by atoms with van der Waals surface area (Å²) in [6.07, 6.45) is 3.74. The van der Waals surface area contributed by atoms with E-state index in [1.165, 1.54) is 11.3 Å². The first-order valence-electron chi connectivity index (χ1n) is 6.13. The fraction of sp³-hybridized carbons (Fsp3) is 0.286. The number of carbonyl (C=O) groups is 1. The number of nitrogens with one attached hydrogen (secondary N) is 1. The number of rotatable bonds is 4. The maximum Gasteiger partial charge on any atom is 0.271 e. The van der Waals surface area contributed by atoms with Crippen LogP contribution in [-0.2, 0) is 13.6 Å². The van der Waals surface area contributed by atoms with E-state index in [4.69, 9.17) is 5.11 Å². The quantitative estimate of drug-likeness (QED) is 0.830. The van der Waals surface area contributed by atoms with Crippen LogP contribution in [0, 0.1) is 11.8 Å². The largest absolute Gasteiger partial charge is 0.395 e. The molecule has 2 aromatic rings. The SMILES string of the molecule is Cn1cnc(C(=O)NCc2ccc(C#CCCO)s2)c1. The number of imidazole rings is 1. The minimum absolute atomic E-state index is 0.0748. The fourth-order valence-electron chi connectivity index (χ4n) is 1.53. The Balaban J connectivity index is 1.88. The Morgan fingerprint density at radius 1 is 1.55 bits per heavy atom. The van der Waals surface area contributed by atoms with E-state index in [1.807, 2.05) is 19.2 Å². The summed E-state index contributed by atoms with van der Waals surface area (Å²) in [5.41, 5.74) is 0.409. The van der Waals surface area contributed by atoms with E-state index in [0.717, 1.165) is 9.75 Å². The van der Waals surface area contributed by atoms with Crippen LogP contribution in [0.5, 0.6) is 0 Å². The van der Waals surface area contributed by atoms with Gasteiger partial charge in [-0.05, 0) is 12.1 Å². The number of aromatic nitrogens is 2. The van der Waals surface area contributed by atoms with Crippen molar-refractivity contribution in [2.24, 2.45) is 7.05 Å². The van der Waals surface area contributed by atoms with Crippen LogP contribution in [0.15, 0.2) is 24.7 Å². The van der Waals surface area contributed by atoms with Gasteiger partial charge in [0.2, 0.25) is 0 Å². The van der Waals surface area contributed by atoms with Crippen LogP contribution < -0.4 is 5.32 Å². The van der Waals surface area contributed by atoms with E-state index in [9.17, 15) is 4.79 Å². The van der Waals surface area contributed by atoms with Gasteiger partial charge in [0.05, 0.1) is 24.4 Å². The summed E-state index contributed by atoms with van der Waals surface area (Å²) in [6, 6.07) is 3.85. The van der Waals surface area contributed by atoms with Gasteiger partial charge in [-0.3, -0.25) is 4.79 Å². The summed E-state index contributed by atoms with van der Waals surface area (Å²) < 4.78 is 1.73. The highest BCUT2D eigenvalue weighted by molar-refractivity contribution is 7.12. The zero-order chi connectivity index (χ0) is 14.4. The number of aliphatic hydroxyl groups is 1. The second-order valence-corrected chi connectivity index (χ2v) is 5.32. The van der Waals surface area contributed by atoms with Gasteiger partial charge in [0, 0.05) is 24.5 Å². The van der Waals surface area contributed by atoms with Crippen molar-refractivity contribution in [2.45, 2.75) is 13.0 Å². The molecular formula is C14H15N3O2S. The zero-order valence-electron chi connectivity index (χ0n) is 11.1. The molecular weight excluding hydrogens is 274 g/mol.